The van der Waals surface area contributed by atoms with Crippen LogP contribution in [-0.2, 0) is 9.53 Å². The predicted molar refractivity (Wildman–Crippen MR) is 55.4 cm³/mol. The maximum absolute atomic E-state index is 11.5. The monoisotopic (exact) mass is 215 g/mol. The number of rotatable bonds is 3. The lowest BCUT2D eigenvalue weighted by molar-refractivity contribution is -0.131. The zero-order chi connectivity index (χ0) is 12.1. The fraction of sp³-hybridized carbons (Fsp3) is 0.600. The van der Waals surface area contributed by atoms with Crippen molar-refractivity contribution in [1.82, 2.24) is 4.90 Å². The van der Waals surface area contributed by atoms with Crippen molar-refractivity contribution in [2.75, 3.05) is 6.54 Å². The van der Waals surface area contributed by atoms with Crippen LogP contribution >= 0.6 is 0 Å². The normalized spacial score (nSPS) is 11.5. The van der Waals surface area contributed by atoms with Crippen LogP contribution in [0.3, 0.4) is 0 Å². The lowest BCUT2D eigenvalue weighted by Gasteiger charge is -2.24. The molecule has 0 atom stereocenters. The molecule has 0 radical (unpaired) electrons. The van der Waals surface area contributed by atoms with Gasteiger partial charge in [-0.2, -0.15) is 0 Å². The number of amides is 1. The summed E-state index contributed by atoms with van der Waals surface area (Å²) in [5, 5.41) is 8.41. The average Bonchev–Trinajstić information content (AvgIpc) is 2.01. The van der Waals surface area contributed by atoms with Crippen molar-refractivity contribution in [3.05, 3.63) is 12.3 Å². The van der Waals surface area contributed by atoms with Gasteiger partial charge in [-0.25, -0.2) is 9.59 Å². The molecule has 0 saturated heterocycles. The molecule has 1 N–H and O–H groups in total. The van der Waals surface area contributed by atoms with E-state index in [2.05, 4.69) is 0 Å². The molecule has 5 nitrogen and oxygen atoms in total. The summed E-state index contributed by atoms with van der Waals surface area (Å²) in [6, 6.07) is 0. The summed E-state index contributed by atoms with van der Waals surface area (Å²) in [4.78, 5) is 22.9. The minimum atomic E-state index is -1.10. The van der Waals surface area contributed by atoms with Crippen LogP contribution in [0.1, 0.15) is 27.7 Å². The molecule has 0 saturated carbocycles. The smallest absolute Gasteiger partial charge is 0.414 e. The number of aliphatic carboxylic acids is 1. The summed E-state index contributed by atoms with van der Waals surface area (Å²) in [5.41, 5.74) is -0.582. The molecular weight excluding hydrogens is 198 g/mol. The van der Waals surface area contributed by atoms with Crippen molar-refractivity contribution in [2.24, 2.45) is 0 Å². The number of nitrogens with zero attached hydrogens (tertiary/aromatic N) is 1. The Morgan fingerprint density at radius 1 is 1.40 bits per heavy atom. The summed E-state index contributed by atoms with van der Waals surface area (Å²) in [6.45, 7) is 7.34. The van der Waals surface area contributed by atoms with E-state index in [1.54, 1.807) is 27.7 Å². The highest BCUT2D eigenvalue weighted by Gasteiger charge is 2.19. The van der Waals surface area contributed by atoms with E-state index in [1.165, 1.54) is 11.1 Å². The Kier molecular flexibility index (Phi) is 4.84. The van der Waals surface area contributed by atoms with E-state index in [1.807, 2.05) is 0 Å². The average molecular weight is 215 g/mol. The third-order valence-corrected chi connectivity index (χ3v) is 1.37. The van der Waals surface area contributed by atoms with Gasteiger partial charge >= 0.3 is 12.1 Å². The van der Waals surface area contributed by atoms with Gasteiger partial charge in [0.25, 0.3) is 0 Å². The molecular formula is C10H17NO4. The van der Waals surface area contributed by atoms with Gasteiger partial charge < -0.3 is 9.84 Å². The molecule has 0 aliphatic carbocycles. The molecule has 1 amide bonds. The Bertz CT molecular complexity index is 265. The largest absolute Gasteiger partial charge is 0.478 e. The first-order chi connectivity index (χ1) is 6.76. The van der Waals surface area contributed by atoms with Crippen molar-refractivity contribution in [2.45, 2.75) is 33.3 Å². The van der Waals surface area contributed by atoms with Crippen LogP contribution in [0.4, 0.5) is 4.79 Å². The summed E-state index contributed by atoms with van der Waals surface area (Å²) in [5.74, 6) is -1.10. The van der Waals surface area contributed by atoms with Gasteiger partial charge in [-0.1, -0.05) is 0 Å². The topological polar surface area (TPSA) is 66.8 Å². The van der Waals surface area contributed by atoms with Gasteiger partial charge in [0.1, 0.15) is 5.60 Å². The first-order valence-electron chi connectivity index (χ1n) is 4.67. The summed E-state index contributed by atoms with van der Waals surface area (Å²) in [6.07, 6.45) is 1.53. The Labute approximate surface area is 89.3 Å². The second-order valence-corrected chi connectivity index (χ2v) is 3.92. The van der Waals surface area contributed by atoms with Crippen LogP contribution < -0.4 is 0 Å². The third kappa shape index (κ3) is 6.54. The minimum Gasteiger partial charge on any atom is -0.478 e. The molecule has 15 heavy (non-hydrogen) atoms. The Balaban J connectivity index is 4.42. The van der Waals surface area contributed by atoms with Gasteiger partial charge in [-0.05, 0) is 27.7 Å². The fourth-order valence-electron chi connectivity index (χ4n) is 0.770. The second kappa shape index (κ2) is 5.38. The number of ether oxygens (including phenoxy) is 1. The Hall–Kier alpha value is -1.52. The predicted octanol–water partition coefficient (Wildman–Crippen LogP) is 1.84. The van der Waals surface area contributed by atoms with Crippen LogP contribution in [-0.4, -0.2) is 34.2 Å². The van der Waals surface area contributed by atoms with Crippen LogP contribution in [0.25, 0.3) is 0 Å². The number of carboxylic acids is 1. The van der Waals surface area contributed by atoms with Gasteiger partial charge in [0.05, 0.1) is 0 Å². The molecule has 86 valence electrons. The molecule has 0 aromatic rings. The van der Waals surface area contributed by atoms with Gasteiger partial charge in [0.15, 0.2) is 0 Å². The van der Waals surface area contributed by atoms with Gasteiger partial charge in [0.2, 0.25) is 0 Å². The quantitative estimate of drug-likeness (QED) is 0.729. The van der Waals surface area contributed by atoms with Gasteiger partial charge in [-0.15, -0.1) is 0 Å². The van der Waals surface area contributed by atoms with E-state index in [0.29, 0.717) is 6.54 Å². The number of carbonyl (C=O) groups excluding carboxylic acids is 1. The zero-order valence-electron chi connectivity index (χ0n) is 9.48. The van der Waals surface area contributed by atoms with Gasteiger partial charge in [0, 0.05) is 18.8 Å². The standard InChI is InChI=1S/C10H17NO4/c1-5-11(7-6-8(12)13)9(14)15-10(2,3)4/h6-7H,5H2,1-4H3,(H,12,13). The van der Waals surface area contributed by atoms with Crippen molar-refractivity contribution in [3.63, 3.8) is 0 Å². The Morgan fingerprint density at radius 2 is 1.93 bits per heavy atom. The van der Waals surface area contributed by atoms with Crippen molar-refractivity contribution in [3.8, 4) is 0 Å². The highest BCUT2D eigenvalue weighted by atomic mass is 16.6. The molecule has 0 aromatic carbocycles. The number of hydrogen-bond donors (Lipinski definition) is 1. The van der Waals surface area contributed by atoms with E-state index in [4.69, 9.17) is 9.84 Å². The summed E-state index contributed by atoms with van der Waals surface area (Å²) in [7, 11) is 0. The Morgan fingerprint density at radius 3 is 2.27 bits per heavy atom. The van der Waals surface area contributed by atoms with Crippen LogP contribution in [0.2, 0.25) is 0 Å². The van der Waals surface area contributed by atoms with Crippen LogP contribution in [0.15, 0.2) is 12.3 Å². The lowest BCUT2D eigenvalue weighted by Crippen LogP contribution is -2.33. The van der Waals surface area contributed by atoms with E-state index in [-0.39, 0.29) is 0 Å². The lowest BCUT2D eigenvalue weighted by atomic mass is 10.2. The maximum Gasteiger partial charge on any atom is 0.414 e. The van der Waals surface area contributed by atoms with E-state index >= 15 is 0 Å². The van der Waals surface area contributed by atoms with Crippen molar-refractivity contribution in [1.29, 1.82) is 0 Å². The van der Waals surface area contributed by atoms with E-state index in [9.17, 15) is 9.59 Å². The molecule has 5 heteroatoms. The van der Waals surface area contributed by atoms with Gasteiger partial charge in [-0.3, -0.25) is 4.90 Å². The molecule has 0 aliphatic heterocycles. The number of carboxylic acid groups (broad SMARTS) is 1. The molecule has 0 aliphatic rings. The highest BCUT2D eigenvalue weighted by Crippen LogP contribution is 2.09. The number of hydrogen-bond acceptors (Lipinski definition) is 3. The molecule has 0 spiro atoms. The molecule has 0 unspecified atom stereocenters. The first kappa shape index (κ1) is 13.5. The van der Waals surface area contributed by atoms with Crippen LogP contribution in [0.5, 0.6) is 0 Å². The van der Waals surface area contributed by atoms with E-state index < -0.39 is 17.7 Å². The molecule has 0 bridgehead atoms. The SMILES string of the molecule is CCN(C=CC(=O)O)C(=O)OC(C)(C)C. The van der Waals surface area contributed by atoms with Crippen LogP contribution in [0, 0.1) is 0 Å². The molecule has 0 heterocycles. The molecule has 0 aromatic heterocycles. The second-order valence-electron chi connectivity index (χ2n) is 3.92. The minimum absolute atomic E-state index is 0.360. The molecule has 0 rings (SSSR count). The van der Waals surface area contributed by atoms with Crippen molar-refractivity contribution < 1.29 is 19.4 Å². The number of carbonyl (C=O) groups is 2. The van der Waals surface area contributed by atoms with Crippen molar-refractivity contribution >= 4 is 12.1 Å². The zero-order valence-corrected chi connectivity index (χ0v) is 9.48. The summed E-state index contributed by atoms with van der Waals surface area (Å²) < 4.78 is 5.07. The highest BCUT2D eigenvalue weighted by molar-refractivity contribution is 5.80. The third-order valence-electron chi connectivity index (χ3n) is 1.37. The van der Waals surface area contributed by atoms with E-state index in [0.717, 1.165) is 6.08 Å². The molecule has 0 fully saturated rings. The maximum atomic E-state index is 11.5. The fourth-order valence-corrected chi connectivity index (χ4v) is 0.770. The first-order valence-corrected chi connectivity index (χ1v) is 4.67. The summed E-state index contributed by atoms with van der Waals surface area (Å²) >= 11 is 0.